The lowest BCUT2D eigenvalue weighted by Crippen LogP contribution is -2.28. The van der Waals surface area contributed by atoms with Gasteiger partial charge in [-0.1, -0.05) is 24.3 Å². The predicted octanol–water partition coefficient (Wildman–Crippen LogP) is 3.48. The number of nitrogens with one attached hydrogen (secondary N) is 1. The molecule has 2 aromatic carbocycles. The van der Waals surface area contributed by atoms with Crippen molar-refractivity contribution >= 4 is 18.0 Å². The molecule has 31 heavy (non-hydrogen) atoms. The summed E-state index contributed by atoms with van der Waals surface area (Å²) in [5, 5.41) is 2.36. The van der Waals surface area contributed by atoms with E-state index in [0.717, 1.165) is 12.1 Å². The molecule has 0 heterocycles. The molecule has 0 saturated heterocycles. The van der Waals surface area contributed by atoms with E-state index in [2.05, 4.69) is 10.1 Å². The molecule has 0 unspecified atom stereocenters. The Kier molecular flexibility index (Phi) is 8.30. The van der Waals surface area contributed by atoms with E-state index in [0.29, 0.717) is 17.1 Å². The molecule has 0 aliphatic carbocycles. The Bertz CT molecular complexity index is 943. The van der Waals surface area contributed by atoms with Gasteiger partial charge in [0, 0.05) is 18.2 Å². The normalized spacial score (nSPS) is 11.1. The number of carbonyl (C=O) groups excluding carboxylic acids is 2. The summed E-state index contributed by atoms with van der Waals surface area (Å²) < 4.78 is 56.3. The molecule has 10 heteroatoms. The fourth-order valence-corrected chi connectivity index (χ4v) is 2.42. The van der Waals surface area contributed by atoms with E-state index in [4.69, 9.17) is 14.2 Å². The van der Waals surface area contributed by atoms with Crippen LogP contribution < -0.4 is 19.5 Å². The maximum atomic E-state index is 12.4. The van der Waals surface area contributed by atoms with Gasteiger partial charge in [-0.15, -0.1) is 13.2 Å². The number of ether oxygens (including phenoxy) is 4. The quantitative estimate of drug-likeness (QED) is 0.476. The first-order valence-corrected chi connectivity index (χ1v) is 8.89. The van der Waals surface area contributed by atoms with Crippen molar-refractivity contribution in [3.63, 3.8) is 0 Å². The molecular formula is C21H20F3NO6. The Hall–Kier alpha value is -3.69. The number of hydrogen-bond acceptors (Lipinski definition) is 6. The molecule has 1 N–H and O–H groups in total. The maximum Gasteiger partial charge on any atom is 0.573 e. The van der Waals surface area contributed by atoms with Crippen LogP contribution in [0.1, 0.15) is 11.1 Å². The van der Waals surface area contributed by atoms with Gasteiger partial charge in [0.05, 0.1) is 14.2 Å². The molecule has 0 aliphatic heterocycles. The average molecular weight is 439 g/mol. The number of halogens is 3. The highest BCUT2D eigenvalue weighted by molar-refractivity contribution is 5.89. The number of esters is 1. The highest BCUT2D eigenvalue weighted by Gasteiger charge is 2.31. The van der Waals surface area contributed by atoms with Gasteiger partial charge in [0.15, 0.2) is 18.1 Å². The number of benzene rings is 2. The van der Waals surface area contributed by atoms with Crippen molar-refractivity contribution in [2.75, 3.05) is 20.8 Å². The standard InChI is InChI=1S/C21H20F3NO6/c1-28-17-9-7-14(11-18(17)29-2)8-10-20(27)30-13-19(26)25-12-15-5-3-4-6-16(15)31-21(22,23)24/h3-11H,12-13H2,1-2H3,(H,25,26)/b10-8+. The number of alkyl halides is 3. The molecule has 0 bridgehead atoms. The molecule has 0 radical (unpaired) electrons. The summed E-state index contributed by atoms with van der Waals surface area (Å²) in [6.45, 7) is -0.832. The summed E-state index contributed by atoms with van der Waals surface area (Å²) in [6, 6.07) is 10.4. The van der Waals surface area contributed by atoms with Gasteiger partial charge in [0.1, 0.15) is 5.75 Å². The van der Waals surface area contributed by atoms with E-state index in [1.807, 2.05) is 0 Å². The van der Waals surface area contributed by atoms with Crippen LogP contribution in [0.5, 0.6) is 17.2 Å². The lowest BCUT2D eigenvalue weighted by molar-refractivity contribution is -0.274. The molecular weight excluding hydrogens is 419 g/mol. The van der Waals surface area contributed by atoms with Gasteiger partial charge in [-0.25, -0.2) is 4.79 Å². The van der Waals surface area contributed by atoms with Crippen LogP contribution in [0.25, 0.3) is 6.08 Å². The van der Waals surface area contributed by atoms with Gasteiger partial charge in [-0.2, -0.15) is 0 Å². The zero-order valence-corrected chi connectivity index (χ0v) is 16.7. The van der Waals surface area contributed by atoms with Crippen LogP contribution in [0.3, 0.4) is 0 Å². The van der Waals surface area contributed by atoms with Gasteiger partial charge >= 0.3 is 12.3 Å². The molecule has 0 fully saturated rings. The molecule has 0 aromatic heterocycles. The minimum atomic E-state index is -4.85. The van der Waals surface area contributed by atoms with Gasteiger partial charge < -0.3 is 24.3 Å². The highest BCUT2D eigenvalue weighted by atomic mass is 19.4. The average Bonchev–Trinajstić information content (AvgIpc) is 2.74. The number of rotatable bonds is 9. The Morgan fingerprint density at radius 1 is 1.00 bits per heavy atom. The van der Waals surface area contributed by atoms with Crippen LogP contribution in [0.4, 0.5) is 13.2 Å². The first kappa shape index (κ1) is 23.6. The second-order valence-corrected chi connectivity index (χ2v) is 5.99. The van der Waals surface area contributed by atoms with Crippen LogP contribution in [0.2, 0.25) is 0 Å². The van der Waals surface area contributed by atoms with Crippen molar-refractivity contribution in [2.45, 2.75) is 12.9 Å². The Morgan fingerprint density at radius 3 is 2.39 bits per heavy atom. The zero-order valence-electron chi connectivity index (χ0n) is 16.7. The van der Waals surface area contributed by atoms with E-state index >= 15 is 0 Å². The lowest BCUT2D eigenvalue weighted by Gasteiger charge is -2.13. The van der Waals surface area contributed by atoms with Crippen LogP contribution in [0, 0.1) is 0 Å². The van der Waals surface area contributed by atoms with Crippen molar-refractivity contribution in [2.24, 2.45) is 0 Å². The van der Waals surface area contributed by atoms with E-state index in [1.54, 1.807) is 18.2 Å². The van der Waals surface area contributed by atoms with E-state index in [1.165, 1.54) is 38.5 Å². The van der Waals surface area contributed by atoms with Gasteiger partial charge in [0.2, 0.25) is 0 Å². The van der Waals surface area contributed by atoms with Crippen LogP contribution in [0.15, 0.2) is 48.5 Å². The SMILES string of the molecule is COc1ccc(/C=C/C(=O)OCC(=O)NCc2ccccc2OC(F)(F)F)cc1OC. The first-order valence-electron chi connectivity index (χ1n) is 8.89. The number of hydrogen-bond donors (Lipinski definition) is 1. The second-order valence-electron chi connectivity index (χ2n) is 5.99. The van der Waals surface area contributed by atoms with Crippen molar-refractivity contribution in [3.05, 3.63) is 59.7 Å². The van der Waals surface area contributed by atoms with Crippen molar-refractivity contribution in [1.29, 1.82) is 0 Å². The fourth-order valence-electron chi connectivity index (χ4n) is 2.42. The first-order chi connectivity index (χ1) is 14.7. The molecule has 2 aromatic rings. The molecule has 0 atom stereocenters. The Morgan fingerprint density at radius 2 is 1.71 bits per heavy atom. The van der Waals surface area contributed by atoms with Gasteiger partial charge in [0.25, 0.3) is 5.91 Å². The van der Waals surface area contributed by atoms with E-state index < -0.39 is 30.6 Å². The Balaban J connectivity index is 1.84. The minimum Gasteiger partial charge on any atom is -0.493 e. The van der Waals surface area contributed by atoms with Gasteiger partial charge in [-0.3, -0.25) is 4.79 Å². The third-order valence-corrected chi connectivity index (χ3v) is 3.84. The zero-order chi connectivity index (χ0) is 22.9. The number of methoxy groups -OCH3 is 2. The summed E-state index contributed by atoms with van der Waals surface area (Å²) in [5.41, 5.74) is 0.758. The topological polar surface area (TPSA) is 83.1 Å². The fraction of sp³-hybridized carbons (Fsp3) is 0.238. The number of carbonyl (C=O) groups is 2. The summed E-state index contributed by atoms with van der Waals surface area (Å²) in [6.07, 6.45) is -2.26. The minimum absolute atomic E-state index is 0.118. The van der Waals surface area contributed by atoms with E-state index in [9.17, 15) is 22.8 Å². The molecule has 0 spiro atoms. The van der Waals surface area contributed by atoms with Crippen LogP contribution in [-0.4, -0.2) is 39.1 Å². The summed E-state index contributed by atoms with van der Waals surface area (Å²) >= 11 is 0. The largest absolute Gasteiger partial charge is 0.573 e. The smallest absolute Gasteiger partial charge is 0.493 e. The summed E-state index contributed by atoms with van der Waals surface area (Å²) in [7, 11) is 2.98. The highest BCUT2D eigenvalue weighted by Crippen LogP contribution is 2.28. The third-order valence-electron chi connectivity index (χ3n) is 3.84. The molecule has 0 aliphatic rings. The molecule has 166 valence electrons. The van der Waals surface area contributed by atoms with Crippen molar-refractivity contribution in [1.82, 2.24) is 5.32 Å². The molecule has 7 nitrogen and oxygen atoms in total. The second kappa shape index (κ2) is 10.9. The predicted molar refractivity (Wildman–Crippen MR) is 105 cm³/mol. The maximum absolute atomic E-state index is 12.4. The molecule has 1 amide bonds. The van der Waals surface area contributed by atoms with Crippen molar-refractivity contribution in [3.8, 4) is 17.2 Å². The number of amides is 1. The van der Waals surface area contributed by atoms with Crippen molar-refractivity contribution < 1.29 is 41.7 Å². The summed E-state index contributed by atoms with van der Waals surface area (Å²) in [5.74, 6) is -0.876. The van der Waals surface area contributed by atoms with Crippen LogP contribution >= 0.6 is 0 Å². The monoisotopic (exact) mass is 439 g/mol. The molecule has 2 rings (SSSR count). The van der Waals surface area contributed by atoms with Gasteiger partial charge in [-0.05, 0) is 29.8 Å². The molecule has 0 saturated carbocycles. The van der Waals surface area contributed by atoms with E-state index in [-0.39, 0.29) is 12.1 Å². The van der Waals surface area contributed by atoms with Crippen LogP contribution in [-0.2, 0) is 20.9 Å². The third kappa shape index (κ3) is 7.92. The lowest BCUT2D eigenvalue weighted by atomic mass is 10.2. The summed E-state index contributed by atoms with van der Waals surface area (Å²) in [4.78, 5) is 23.6. The Labute approximate surface area is 176 Å². The number of para-hydroxylation sites is 1.